The molecule has 7 nitrogen and oxygen atoms in total. The van der Waals surface area contributed by atoms with Gasteiger partial charge in [-0.15, -0.1) is 0 Å². The average molecular weight is 471 g/mol. The van der Waals surface area contributed by atoms with Crippen molar-refractivity contribution in [1.29, 1.82) is 0 Å². The standard InChI is InChI=1S/C22H23BrN4O3/c1-29-19-9-8-14(12-20(19)30-2)17-13-18(15-5-3-6-16(23)11-15)27-22(24-17)25-21(26-27)7-4-10-28/h3,5-6,8-9,11-13,18,28H,4,7,10H2,1-2H3,(H,24,25,26). The second-order valence-corrected chi connectivity index (χ2v) is 7.81. The molecule has 156 valence electrons. The van der Waals surface area contributed by atoms with Gasteiger partial charge in [0.1, 0.15) is 6.04 Å². The predicted octanol–water partition coefficient (Wildman–Crippen LogP) is 4.04. The van der Waals surface area contributed by atoms with Gasteiger partial charge in [-0.2, -0.15) is 10.1 Å². The molecule has 30 heavy (non-hydrogen) atoms. The van der Waals surface area contributed by atoms with Crippen molar-refractivity contribution in [3.05, 3.63) is 70.0 Å². The predicted molar refractivity (Wildman–Crippen MR) is 119 cm³/mol. The van der Waals surface area contributed by atoms with Crippen LogP contribution in [0.5, 0.6) is 11.5 Å². The number of aromatic nitrogens is 3. The van der Waals surface area contributed by atoms with Crippen molar-refractivity contribution >= 4 is 27.6 Å². The molecule has 0 bridgehead atoms. The van der Waals surface area contributed by atoms with Gasteiger partial charge in [-0.05, 0) is 48.4 Å². The van der Waals surface area contributed by atoms with Crippen molar-refractivity contribution in [2.75, 3.05) is 26.1 Å². The van der Waals surface area contributed by atoms with Crippen molar-refractivity contribution in [1.82, 2.24) is 14.8 Å². The van der Waals surface area contributed by atoms with Crippen molar-refractivity contribution in [3.63, 3.8) is 0 Å². The second-order valence-electron chi connectivity index (χ2n) is 6.90. The number of aliphatic hydroxyl groups is 1. The zero-order valence-corrected chi connectivity index (χ0v) is 18.4. The molecule has 0 saturated carbocycles. The SMILES string of the molecule is COc1ccc(C2=CC(c3cccc(Br)c3)n3nc(CCCO)nc3N2)cc1OC. The Labute approximate surface area is 183 Å². The summed E-state index contributed by atoms with van der Waals surface area (Å²) in [6, 6.07) is 13.8. The third-order valence-corrected chi connectivity index (χ3v) is 5.45. The maximum absolute atomic E-state index is 9.16. The Morgan fingerprint density at radius 3 is 2.70 bits per heavy atom. The van der Waals surface area contributed by atoms with Gasteiger partial charge in [0.25, 0.3) is 0 Å². The number of aliphatic hydroxyl groups excluding tert-OH is 1. The number of hydrogen-bond acceptors (Lipinski definition) is 6. The molecule has 1 aliphatic heterocycles. The number of fused-ring (bicyclic) bond motifs is 1. The Balaban J connectivity index is 1.78. The number of methoxy groups -OCH3 is 2. The Hall–Kier alpha value is -2.84. The summed E-state index contributed by atoms with van der Waals surface area (Å²) < 4.78 is 13.7. The number of aryl methyl sites for hydroxylation is 1. The van der Waals surface area contributed by atoms with Gasteiger partial charge in [0.05, 0.1) is 14.2 Å². The summed E-state index contributed by atoms with van der Waals surface area (Å²) in [5.41, 5.74) is 2.96. The third kappa shape index (κ3) is 4.06. The first kappa shape index (κ1) is 20.4. The van der Waals surface area contributed by atoms with Crippen LogP contribution < -0.4 is 14.8 Å². The van der Waals surface area contributed by atoms with Crippen LogP contribution in [0, 0.1) is 0 Å². The van der Waals surface area contributed by atoms with Crippen molar-refractivity contribution < 1.29 is 14.6 Å². The molecule has 0 radical (unpaired) electrons. The van der Waals surface area contributed by atoms with E-state index in [1.54, 1.807) is 14.2 Å². The molecule has 2 N–H and O–H groups in total. The summed E-state index contributed by atoms with van der Waals surface area (Å²) in [4.78, 5) is 4.66. The quantitative estimate of drug-likeness (QED) is 0.542. The number of halogens is 1. The molecule has 2 heterocycles. The minimum atomic E-state index is -0.128. The number of benzene rings is 2. The summed E-state index contributed by atoms with van der Waals surface area (Å²) in [6.07, 6.45) is 3.37. The first-order chi connectivity index (χ1) is 14.6. The lowest BCUT2D eigenvalue weighted by atomic mass is 10.0. The highest BCUT2D eigenvalue weighted by Crippen LogP contribution is 2.36. The normalized spacial score (nSPS) is 15.2. The van der Waals surface area contributed by atoms with Gasteiger partial charge in [0.15, 0.2) is 17.3 Å². The van der Waals surface area contributed by atoms with E-state index in [1.807, 2.05) is 35.0 Å². The van der Waals surface area contributed by atoms with Gasteiger partial charge in [0, 0.05) is 28.8 Å². The van der Waals surface area contributed by atoms with Crippen LogP contribution in [-0.2, 0) is 6.42 Å². The second kappa shape index (κ2) is 8.89. The molecule has 0 saturated heterocycles. The maximum Gasteiger partial charge on any atom is 0.226 e. The molecule has 0 fully saturated rings. The Bertz CT molecular complexity index is 1080. The first-order valence-corrected chi connectivity index (χ1v) is 10.4. The van der Waals surface area contributed by atoms with Crippen LogP contribution in [0.3, 0.4) is 0 Å². The smallest absolute Gasteiger partial charge is 0.226 e. The fourth-order valence-corrected chi connectivity index (χ4v) is 3.90. The lowest BCUT2D eigenvalue weighted by Crippen LogP contribution is -2.20. The van der Waals surface area contributed by atoms with E-state index in [1.165, 1.54) is 0 Å². The zero-order chi connectivity index (χ0) is 21.1. The van der Waals surface area contributed by atoms with Gasteiger partial charge in [-0.1, -0.05) is 28.1 Å². The highest BCUT2D eigenvalue weighted by molar-refractivity contribution is 9.10. The number of allylic oxidation sites excluding steroid dienone is 1. The third-order valence-electron chi connectivity index (χ3n) is 4.95. The van der Waals surface area contributed by atoms with E-state index in [4.69, 9.17) is 19.7 Å². The average Bonchev–Trinajstić information content (AvgIpc) is 3.19. The highest BCUT2D eigenvalue weighted by Gasteiger charge is 2.25. The molecule has 1 aromatic heterocycles. The van der Waals surface area contributed by atoms with Gasteiger partial charge in [-0.3, -0.25) is 0 Å². The zero-order valence-electron chi connectivity index (χ0n) is 16.8. The molecule has 0 spiro atoms. The van der Waals surface area contributed by atoms with Crippen molar-refractivity contribution in [2.45, 2.75) is 18.9 Å². The van der Waals surface area contributed by atoms with Crippen molar-refractivity contribution in [2.24, 2.45) is 0 Å². The minimum Gasteiger partial charge on any atom is -0.493 e. The van der Waals surface area contributed by atoms with Gasteiger partial charge in [0.2, 0.25) is 5.95 Å². The molecular formula is C22H23BrN4O3. The fourth-order valence-electron chi connectivity index (χ4n) is 3.48. The molecule has 1 unspecified atom stereocenters. The number of rotatable bonds is 7. The molecule has 8 heteroatoms. The molecule has 4 rings (SSSR count). The van der Waals surface area contributed by atoms with Crippen molar-refractivity contribution in [3.8, 4) is 11.5 Å². The lowest BCUT2D eigenvalue weighted by molar-refractivity contribution is 0.287. The fraction of sp³-hybridized carbons (Fsp3) is 0.273. The molecule has 2 aromatic carbocycles. The molecule has 3 aromatic rings. The lowest BCUT2D eigenvalue weighted by Gasteiger charge is -2.25. The topological polar surface area (TPSA) is 81.4 Å². The summed E-state index contributed by atoms with van der Waals surface area (Å²) in [6.45, 7) is 0.113. The van der Waals surface area contributed by atoms with Crippen LogP contribution in [-0.4, -0.2) is 40.7 Å². The first-order valence-electron chi connectivity index (χ1n) is 9.66. The maximum atomic E-state index is 9.16. The van der Waals surface area contributed by atoms with E-state index >= 15 is 0 Å². The highest BCUT2D eigenvalue weighted by atomic mass is 79.9. The number of nitrogens with one attached hydrogen (secondary N) is 1. The molecule has 1 atom stereocenters. The number of ether oxygens (including phenoxy) is 2. The van der Waals surface area contributed by atoms with E-state index in [9.17, 15) is 0 Å². The monoisotopic (exact) mass is 470 g/mol. The number of nitrogens with zero attached hydrogens (tertiary/aromatic N) is 3. The van der Waals surface area contributed by atoms with E-state index < -0.39 is 0 Å². The number of anilines is 1. The Morgan fingerprint density at radius 2 is 1.97 bits per heavy atom. The molecule has 0 amide bonds. The summed E-state index contributed by atoms with van der Waals surface area (Å²) in [5.74, 6) is 2.71. The van der Waals surface area contributed by atoms with E-state index in [0.29, 0.717) is 36.1 Å². The van der Waals surface area contributed by atoms with Gasteiger partial charge >= 0.3 is 0 Å². The van der Waals surface area contributed by atoms with Crippen LogP contribution in [0.4, 0.5) is 5.95 Å². The van der Waals surface area contributed by atoms with Crippen LogP contribution in [0.15, 0.2) is 53.0 Å². The molecule has 0 aliphatic carbocycles. The summed E-state index contributed by atoms with van der Waals surface area (Å²) in [5, 5.41) is 17.2. The van der Waals surface area contributed by atoms with Crippen LogP contribution in [0.25, 0.3) is 5.70 Å². The number of hydrogen-bond donors (Lipinski definition) is 2. The Morgan fingerprint density at radius 1 is 1.13 bits per heavy atom. The molecule has 1 aliphatic rings. The van der Waals surface area contributed by atoms with E-state index in [2.05, 4.69) is 44.4 Å². The van der Waals surface area contributed by atoms with Crippen LogP contribution in [0.1, 0.15) is 29.4 Å². The van der Waals surface area contributed by atoms with Gasteiger partial charge < -0.3 is 19.9 Å². The minimum absolute atomic E-state index is 0.113. The molecular weight excluding hydrogens is 448 g/mol. The summed E-state index contributed by atoms with van der Waals surface area (Å²) >= 11 is 3.56. The van der Waals surface area contributed by atoms with E-state index in [-0.39, 0.29) is 12.6 Å². The van der Waals surface area contributed by atoms with Gasteiger partial charge in [-0.25, -0.2) is 4.68 Å². The largest absolute Gasteiger partial charge is 0.493 e. The van der Waals surface area contributed by atoms with Crippen LogP contribution in [0.2, 0.25) is 0 Å². The summed E-state index contributed by atoms with van der Waals surface area (Å²) in [7, 11) is 3.24. The van der Waals surface area contributed by atoms with E-state index in [0.717, 1.165) is 21.3 Å². The van der Waals surface area contributed by atoms with Crippen LogP contribution >= 0.6 is 15.9 Å². The Kier molecular flexibility index (Phi) is 6.06.